The molecule has 2 rings (SSSR count). The lowest BCUT2D eigenvalue weighted by Gasteiger charge is -2.19. The van der Waals surface area contributed by atoms with Crippen LogP contribution in [-0.4, -0.2) is 59.5 Å². The van der Waals surface area contributed by atoms with E-state index in [2.05, 4.69) is 0 Å². The molecule has 2 N–H and O–H groups in total. The average molecular weight is 341 g/mol. The van der Waals surface area contributed by atoms with E-state index in [9.17, 15) is 9.59 Å². The maximum absolute atomic E-state index is 12.3. The third-order valence-corrected chi connectivity index (χ3v) is 3.89. The number of carbonyl (C=O) groups is 2. The molecule has 0 radical (unpaired) electrons. The van der Waals surface area contributed by atoms with Gasteiger partial charge in [-0.15, -0.1) is 0 Å². The zero-order valence-corrected chi connectivity index (χ0v) is 14.1. The van der Waals surface area contributed by atoms with Crippen LogP contribution >= 0.6 is 0 Å². The van der Waals surface area contributed by atoms with E-state index in [0.29, 0.717) is 24.2 Å². The molecule has 2 aromatic rings. The maximum atomic E-state index is 12.3. The van der Waals surface area contributed by atoms with Gasteiger partial charge in [0.15, 0.2) is 11.6 Å². The molecule has 0 saturated carbocycles. The first-order valence-electron chi connectivity index (χ1n) is 8.28. The summed E-state index contributed by atoms with van der Waals surface area (Å²) >= 11 is 0. The van der Waals surface area contributed by atoms with Gasteiger partial charge in [-0.05, 0) is 5.56 Å². The number of ketones is 2. The van der Waals surface area contributed by atoms with Gasteiger partial charge in [0.05, 0.1) is 19.8 Å². The number of hydrogen-bond donors (Lipinski definition) is 2. The highest BCUT2D eigenvalue weighted by molar-refractivity contribution is 6.08. The summed E-state index contributed by atoms with van der Waals surface area (Å²) in [6.07, 6.45) is 0.257. The summed E-state index contributed by atoms with van der Waals surface area (Å²) in [6, 6.07) is 16.1. The van der Waals surface area contributed by atoms with Crippen molar-refractivity contribution in [2.45, 2.75) is 6.42 Å². The van der Waals surface area contributed by atoms with Gasteiger partial charge in [0, 0.05) is 30.6 Å². The number of nitrogens with zero attached hydrogens (tertiary/aromatic N) is 1. The summed E-state index contributed by atoms with van der Waals surface area (Å²) in [5, 5.41) is 18.0. The van der Waals surface area contributed by atoms with Crippen molar-refractivity contribution in [3.8, 4) is 0 Å². The second-order valence-corrected chi connectivity index (χ2v) is 5.83. The highest BCUT2D eigenvalue weighted by atomic mass is 16.3. The van der Waals surface area contributed by atoms with Crippen LogP contribution < -0.4 is 0 Å². The number of benzene rings is 2. The van der Waals surface area contributed by atoms with Crippen LogP contribution in [0.15, 0.2) is 54.6 Å². The lowest BCUT2D eigenvalue weighted by Crippen LogP contribution is -2.35. The Morgan fingerprint density at radius 3 is 1.92 bits per heavy atom. The van der Waals surface area contributed by atoms with Gasteiger partial charge in [-0.1, -0.05) is 54.6 Å². The van der Waals surface area contributed by atoms with Crippen molar-refractivity contribution in [1.82, 2.24) is 4.90 Å². The first-order valence-corrected chi connectivity index (χ1v) is 8.28. The summed E-state index contributed by atoms with van der Waals surface area (Å²) in [5.41, 5.74) is 2.06. The molecule has 0 spiro atoms. The van der Waals surface area contributed by atoms with Gasteiger partial charge >= 0.3 is 0 Å². The lowest BCUT2D eigenvalue weighted by atomic mass is 10.0. The first-order chi connectivity index (χ1) is 12.1. The number of carbonyl (C=O) groups excluding carboxylic acids is 2. The second-order valence-electron chi connectivity index (χ2n) is 5.83. The largest absolute Gasteiger partial charge is 0.395 e. The summed E-state index contributed by atoms with van der Waals surface area (Å²) in [7, 11) is 0. The average Bonchev–Trinajstić information content (AvgIpc) is 2.63. The third kappa shape index (κ3) is 5.90. The van der Waals surface area contributed by atoms with Crippen LogP contribution in [0.1, 0.15) is 21.5 Å². The summed E-state index contributed by atoms with van der Waals surface area (Å²) in [4.78, 5) is 26.2. The summed E-state index contributed by atoms with van der Waals surface area (Å²) in [6.45, 7) is 0.798. The second kappa shape index (κ2) is 9.84. The van der Waals surface area contributed by atoms with Crippen LogP contribution in [-0.2, 0) is 11.2 Å². The Morgan fingerprint density at radius 1 is 0.800 bits per heavy atom. The molecule has 0 heterocycles. The molecule has 0 aliphatic heterocycles. The molecule has 5 heteroatoms. The van der Waals surface area contributed by atoms with Gasteiger partial charge in [-0.3, -0.25) is 14.5 Å². The smallest absolute Gasteiger partial charge is 0.193 e. The number of Topliss-reactive ketones (excluding diaryl/α,β-unsaturated/α-hetero) is 1. The summed E-state index contributed by atoms with van der Waals surface area (Å²) < 4.78 is 0. The monoisotopic (exact) mass is 341 g/mol. The van der Waals surface area contributed by atoms with Gasteiger partial charge in [0.25, 0.3) is 0 Å². The minimum Gasteiger partial charge on any atom is -0.395 e. The van der Waals surface area contributed by atoms with Crippen LogP contribution in [0.4, 0.5) is 0 Å². The Balaban J connectivity index is 1.95. The molecule has 5 nitrogen and oxygen atoms in total. The van der Waals surface area contributed by atoms with Gasteiger partial charge in [0.2, 0.25) is 0 Å². The molecule has 2 aromatic carbocycles. The van der Waals surface area contributed by atoms with E-state index >= 15 is 0 Å². The van der Waals surface area contributed by atoms with E-state index < -0.39 is 0 Å². The molecular weight excluding hydrogens is 318 g/mol. The topological polar surface area (TPSA) is 77.8 Å². The predicted octanol–water partition coefficient (Wildman–Crippen LogP) is 1.32. The van der Waals surface area contributed by atoms with E-state index in [0.717, 1.165) is 5.56 Å². The Labute approximate surface area is 147 Å². The van der Waals surface area contributed by atoms with Crippen LogP contribution in [0.5, 0.6) is 0 Å². The molecule has 0 saturated heterocycles. The van der Waals surface area contributed by atoms with Crippen molar-refractivity contribution in [1.29, 1.82) is 0 Å². The standard InChI is InChI=1S/C20H23NO4/c22-12-10-21(11-13-23)15-19(24)14-16-6-8-18(9-7-16)20(25)17-4-2-1-3-5-17/h1-9,22-23H,10-15H2. The fourth-order valence-corrected chi connectivity index (χ4v) is 2.62. The SMILES string of the molecule is O=C(Cc1ccc(C(=O)c2ccccc2)cc1)CN(CCO)CCO. The Hall–Kier alpha value is -2.34. The Kier molecular flexibility index (Phi) is 7.47. The fourth-order valence-electron chi connectivity index (χ4n) is 2.62. The van der Waals surface area contributed by atoms with Crippen molar-refractivity contribution < 1.29 is 19.8 Å². The molecule has 0 amide bonds. The van der Waals surface area contributed by atoms with Gasteiger partial charge in [-0.25, -0.2) is 0 Å². The third-order valence-electron chi connectivity index (χ3n) is 3.89. The zero-order chi connectivity index (χ0) is 18.1. The van der Waals surface area contributed by atoms with Crippen molar-refractivity contribution in [2.75, 3.05) is 32.8 Å². The zero-order valence-electron chi connectivity index (χ0n) is 14.1. The van der Waals surface area contributed by atoms with Crippen LogP contribution in [0.3, 0.4) is 0 Å². The summed E-state index contributed by atoms with van der Waals surface area (Å²) in [5.74, 6) is -0.0421. The number of rotatable bonds is 10. The first kappa shape index (κ1) is 19.0. The Morgan fingerprint density at radius 2 is 1.36 bits per heavy atom. The molecule has 25 heavy (non-hydrogen) atoms. The van der Waals surface area contributed by atoms with E-state index in [1.54, 1.807) is 41.3 Å². The van der Waals surface area contributed by atoms with Gasteiger partial charge in [-0.2, -0.15) is 0 Å². The minimum absolute atomic E-state index is 0.00374. The normalized spacial score (nSPS) is 10.8. The lowest BCUT2D eigenvalue weighted by molar-refractivity contribution is -0.119. The predicted molar refractivity (Wildman–Crippen MR) is 95.6 cm³/mol. The Bertz CT molecular complexity index is 677. The molecule has 0 bridgehead atoms. The van der Waals surface area contributed by atoms with Crippen LogP contribution in [0, 0.1) is 0 Å². The van der Waals surface area contributed by atoms with E-state index in [-0.39, 0.29) is 37.7 Å². The molecule has 0 fully saturated rings. The van der Waals surface area contributed by atoms with E-state index in [1.807, 2.05) is 18.2 Å². The van der Waals surface area contributed by atoms with Crippen molar-refractivity contribution in [2.24, 2.45) is 0 Å². The van der Waals surface area contributed by atoms with E-state index in [1.165, 1.54) is 0 Å². The molecule has 0 aliphatic rings. The fraction of sp³-hybridized carbons (Fsp3) is 0.300. The highest BCUT2D eigenvalue weighted by Crippen LogP contribution is 2.12. The maximum Gasteiger partial charge on any atom is 0.193 e. The van der Waals surface area contributed by atoms with Crippen molar-refractivity contribution in [3.63, 3.8) is 0 Å². The molecule has 0 unspecified atom stereocenters. The van der Waals surface area contributed by atoms with Crippen LogP contribution in [0.2, 0.25) is 0 Å². The van der Waals surface area contributed by atoms with Gasteiger partial charge < -0.3 is 10.2 Å². The molecule has 132 valence electrons. The molecule has 0 aliphatic carbocycles. The molecular formula is C20H23NO4. The molecule has 0 aromatic heterocycles. The molecule has 0 atom stereocenters. The quantitative estimate of drug-likeness (QED) is 0.637. The number of hydrogen-bond acceptors (Lipinski definition) is 5. The highest BCUT2D eigenvalue weighted by Gasteiger charge is 2.12. The van der Waals surface area contributed by atoms with Crippen LogP contribution in [0.25, 0.3) is 0 Å². The van der Waals surface area contributed by atoms with Crippen molar-refractivity contribution >= 4 is 11.6 Å². The minimum atomic E-state index is -0.0520. The van der Waals surface area contributed by atoms with Gasteiger partial charge in [0.1, 0.15) is 0 Å². The van der Waals surface area contributed by atoms with Crippen molar-refractivity contribution in [3.05, 3.63) is 71.3 Å². The number of aliphatic hydroxyl groups excluding tert-OH is 2. The number of aliphatic hydroxyl groups is 2. The van der Waals surface area contributed by atoms with E-state index in [4.69, 9.17) is 10.2 Å².